The predicted molar refractivity (Wildman–Crippen MR) is 73.2 cm³/mol. The van der Waals surface area contributed by atoms with Gasteiger partial charge in [-0.25, -0.2) is 4.39 Å². The minimum atomic E-state index is -0.290. The summed E-state index contributed by atoms with van der Waals surface area (Å²) in [5.74, 6) is 0.483. The Morgan fingerprint density at radius 1 is 1.39 bits per heavy atom. The molecule has 1 unspecified atom stereocenters. The summed E-state index contributed by atoms with van der Waals surface area (Å²) in [7, 11) is 0. The fourth-order valence-corrected chi connectivity index (χ4v) is 2.83. The van der Waals surface area contributed by atoms with Crippen LogP contribution in [0.1, 0.15) is 31.4 Å². The summed E-state index contributed by atoms with van der Waals surface area (Å²) in [4.78, 5) is 2.34. The lowest BCUT2D eigenvalue weighted by Crippen LogP contribution is -2.39. The van der Waals surface area contributed by atoms with E-state index in [-0.39, 0.29) is 11.9 Å². The molecular formula is C14H20ClFN2. The normalized spacial score (nSPS) is 20.0. The largest absolute Gasteiger partial charge is 0.329 e. The summed E-state index contributed by atoms with van der Waals surface area (Å²) in [6.07, 6.45) is 2.36. The number of piperidine rings is 1. The quantitative estimate of drug-likeness (QED) is 0.914. The monoisotopic (exact) mass is 270 g/mol. The highest BCUT2D eigenvalue weighted by atomic mass is 35.5. The number of nitrogens with two attached hydrogens (primary N) is 1. The number of hydrogen-bond donors (Lipinski definition) is 1. The maximum Gasteiger partial charge on any atom is 0.125 e. The Morgan fingerprint density at radius 2 is 2.06 bits per heavy atom. The zero-order valence-corrected chi connectivity index (χ0v) is 11.5. The summed E-state index contributed by atoms with van der Waals surface area (Å²) in [5, 5.41) is 0.439. The van der Waals surface area contributed by atoms with Gasteiger partial charge in [-0.05, 0) is 55.6 Å². The van der Waals surface area contributed by atoms with Crippen LogP contribution in [0, 0.1) is 11.7 Å². The van der Waals surface area contributed by atoms with Crippen molar-refractivity contribution in [1.29, 1.82) is 0 Å². The third-order valence-corrected chi connectivity index (χ3v) is 3.97. The van der Waals surface area contributed by atoms with Crippen LogP contribution < -0.4 is 5.73 Å². The average molecular weight is 271 g/mol. The first-order chi connectivity index (χ1) is 8.60. The summed E-state index contributed by atoms with van der Waals surface area (Å²) >= 11 is 5.91. The highest BCUT2D eigenvalue weighted by Crippen LogP contribution is 2.28. The van der Waals surface area contributed by atoms with Gasteiger partial charge in [-0.1, -0.05) is 18.5 Å². The fourth-order valence-electron chi connectivity index (χ4n) is 2.60. The molecule has 100 valence electrons. The molecule has 1 aliphatic heterocycles. The molecule has 1 fully saturated rings. The molecule has 1 aromatic rings. The summed E-state index contributed by atoms with van der Waals surface area (Å²) in [6.45, 7) is 4.82. The first-order valence-corrected chi connectivity index (χ1v) is 6.88. The van der Waals surface area contributed by atoms with Gasteiger partial charge >= 0.3 is 0 Å². The van der Waals surface area contributed by atoms with Crippen LogP contribution in [0.15, 0.2) is 18.2 Å². The second-order valence-electron chi connectivity index (χ2n) is 5.17. The van der Waals surface area contributed by atoms with Crippen molar-refractivity contribution in [3.63, 3.8) is 0 Å². The molecule has 18 heavy (non-hydrogen) atoms. The van der Waals surface area contributed by atoms with Crippen molar-refractivity contribution in [2.75, 3.05) is 19.6 Å². The Labute approximate surface area is 113 Å². The SMILES string of the molecule is CC1CCN(C(CN)c2cc(F)cc(Cl)c2)CC1. The minimum Gasteiger partial charge on any atom is -0.329 e. The zero-order chi connectivity index (χ0) is 13.1. The van der Waals surface area contributed by atoms with Gasteiger partial charge in [0.15, 0.2) is 0 Å². The first kappa shape index (κ1) is 13.8. The van der Waals surface area contributed by atoms with Gasteiger partial charge in [-0.15, -0.1) is 0 Å². The predicted octanol–water partition coefficient (Wildman–Crippen LogP) is 3.21. The van der Waals surface area contributed by atoms with E-state index in [0.29, 0.717) is 11.6 Å². The molecule has 0 radical (unpaired) electrons. The smallest absolute Gasteiger partial charge is 0.125 e. The maximum absolute atomic E-state index is 13.4. The van der Waals surface area contributed by atoms with E-state index >= 15 is 0 Å². The van der Waals surface area contributed by atoms with E-state index in [4.69, 9.17) is 17.3 Å². The molecule has 0 spiro atoms. The average Bonchev–Trinajstić information content (AvgIpc) is 2.31. The van der Waals surface area contributed by atoms with Crippen LogP contribution >= 0.6 is 11.6 Å². The summed E-state index contributed by atoms with van der Waals surface area (Å²) < 4.78 is 13.4. The highest BCUT2D eigenvalue weighted by molar-refractivity contribution is 6.30. The Bertz CT molecular complexity index is 383. The Morgan fingerprint density at radius 3 is 2.61 bits per heavy atom. The molecule has 1 atom stereocenters. The van der Waals surface area contributed by atoms with Gasteiger partial charge in [-0.2, -0.15) is 0 Å². The minimum absolute atomic E-state index is 0.0747. The maximum atomic E-state index is 13.4. The van der Waals surface area contributed by atoms with Gasteiger partial charge < -0.3 is 5.73 Å². The standard InChI is InChI=1S/C14H20ClFN2/c1-10-2-4-18(5-3-10)14(9-17)11-6-12(15)8-13(16)7-11/h6-8,10,14H,2-5,9,17H2,1H3. The van der Waals surface area contributed by atoms with Gasteiger partial charge in [0, 0.05) is 17.6 Å². The van der Waals surface area contributed by atoms with Crippen molar-refractivity contribution in [3.05, 3.63) is 34.6 Å². The number of hydrogen-bond acceptors (Lipinski definition) is 2. The van der Waals surface area contributed by atoms with Crippen molar-refractivity contribution < 1.29 is 4.39 Å². The fraction of sp³-hybridized carbons (Fsp3) is 0.571. The number of likely N-dealkylation sites (tertiary alicyclic amines) is 1. The van der Waals surface area contributed by atoms with Gasteiger partial charge in [0.05, 0.1) is 0 Å². The van der Waals surface area contributed by atoms with E-state index in [2.05, 4.69) is 11.8 Å². The van der Waals surface area contributed by atoms with Crippen molar-refractivity contribution in [2.45, 2.75) is 25.8 Å². The number of halogens is 2. The first-order valence-electron chi connectivity index (χ1n) is 6.50. The van der Waals surface area contributed by atoms with Gasteiger partial charge in [0.25, 0.3) is 0 Å². The van der Waals surface area contributed by atoms with Crippen LogP contribution in [-0.4, -0.2) is 24.5 Å². The second kappa shape index (κ2) is 6.00. The third-order valence-electron chi connectivity index (χ3n) is 3.75. The van der Waals surface area contributed by atoms with Crippen molar-refractivity contribution in [1.82, 2.24) is 4.90 Å². The second-order valence-corrected chi connectivity index (χ2v) is 5.61. The highest BCUT2D eigenvalue weighted by Gasteiger charge is 2.24. The molecule has 1 aliphatic rings. The molecule has 2 nitrogen and oxygen atoms in total. The van der Waals surface area contributed by atoms with Crippen LogP contribution in [0.4, 0.5) is 4.39 Å². The van der Waals surface area contributed by atoms with Gasteiger partial charge in [0.2, 0.25) is 0 Å². The van der Waals surface area contributed by atoms with Crippen LogP contribution in [-0.2, 0) is 0 Å². The molecule has 1 saturated heterocycles. The Balaban J connectivity index is 2.17. The third kappa shape index (κ3) is 3.22. The molecule has 0 bridgehead atoms. The van der Waals surface area contributed by atoms with E-state index in [0.717, 1.165) is 24.6 Å². The Kier molecular flexibility index (Phi) is 4.60. The molecule has 1 heterocycles. The molecule has 2 N–H and O–H groups in total. The lowest BCUT2D eigenvalue weighted by Gasteiger charge is -2.36. The molecule has 0 amide bonds. The molecule has 4 heteroatoms. The van der Waals surface area contributed by atoms with E-state index in [1.807, 2.05) is 6.07 Å². The summed E-state index contributed by atoms with van der Waals surface area (Å²) in [6, 6.07) is 4.77. The number of benzene rings is 1. The van der Waals surface area contributed by atoms with E-state index in [1.165, 1.54) is 18.9 Å². The van der Waals surface area contributed by atoms with E-state index in [1.54, 1.807) is 6.07 Å². The van der Waals surface area contributed by atoms with Crippen molar-refractivity contribution >= 4 is 11.6 Å². The lowest BCUT2D eigenvalue weighted by atomic mass is 9.96. The van der Waals surface area contributed by atoms with Crippen LogP contribution in [0.3, 0.4) is 0 Å². The van der Waals surface area contributed by atoms with E-state index < -0.39 is 0 Å². The lowest BCUT2D eigenvalue weighted by molar-refractivity contribution is 0.141. The van der Waals surface area contributed by atoms with E-state index in [9.17, 15) is 4.39 Å². The summed E-state index contributed by atoms with van der Waals surface area (Å²) in [5.41, 5.74) is 6.75. The Hall–Kier alpha value is -0.640. The van der Waals surface area contributed by atoms with Crippen molar-refractivity contribution in [3.8, 4) is 0 Å². The van der Waals surface area contributed by atoms with Crippen molar-refractivity contribution in [2.24, 2.45) is 11.7 Å². The molecule has 0 saturated carbocycles. The zero-order valence-electron chi connectivity index (χ0n) is 10.7. The molecule has 2 rings (SSSR count). The topological polar surface area (TPSA) is 29.3 Å². The number of rotatable bonds is 3. The van der Waals surface area contributed by atoms with Gasteiger partial charge in [0.1, 0.15) is 5.82 Å². The molecular weight excluding hydrogens is 251 g/mol. The van der Waals surface area contributed by atoms with Gasteiger partial charge in [-0.3, -0.25) is 4.90 Å². The molecule has 1 aromatic carbocycles. The number of nitrogens with zero attached hydrogens (tertiary/aromatic N) is 1. The van der Waals surface area contributed by atoms with Crippen LogP contribution in [0.25, 0.3) is 0 Å². The molecule has 0 aromatic heterocycles. The molecule has 0 aliphatic carbocycles. The van der Waals surface area contributed by atoms with Crippen LogP contribution in [0.2, 0.25) is 5.02 Å². The van der Waals surface area contributed by atoms with Crippen LogP contribution in [0.5, 0.6) is 0 Å².